The van der Waals surface area contributed by atoms with E-state index in [9.17, 15) is 19.0 Å². The third-order valence-corrected chi connectivity index (χ3v) is 11.2. The third-order valence-electron chi connectivity index (χ3n) is 10.3. The number of carbonyl (C=O) groups is 2. The summed E-state index contributed by atoms with van der Waals surface area (Å²) in [5.74, 6) is -1.79. The number of carboxylic acids is 1. The zero-order valence-corrected chi connectivity index (χ0v) is 39.6. The Balaban J connectivity index is 4.21. The van der Waals surface area contributed by atoms with Crippen LogP contribution >= 0.6 is 7.82 Å². The number of unbranched alkanes of at least 4 members (excludes halogenated alkanes) is 22. The van der Waals surface area contributed by atoms with Crippen LogP contribution in [0.1, 0.15) is 206 Å². The maximum Gasteiger partial charge on any atom is 0.472 e. The van der Waals surface area contributed by atoms with E-state index < -0.39 is 45.1 Å². The van der Waals surface area contributed by atoms with Crippen LogP contribution in [0.15, 0.2) is 60.8 Å². The minimum atomic E-state index is -4.63. The topological polar surface area (TPSA) is 155 Å². The van der Waals surface area contributed by atoms with Crippen LogP contribution in [-0.4, -0.2) is 60.5 Å². The molecule has 3 atom stereocenters. The highest BCUT2D eigenvalue weighted by Gasteiger charge is 2.27. The molecule has 4 N–H and O–H groups in total. The number of aliphatic carboxylic acids is 1. The molecule has 0 aliphatic carbocycles. The molecule has 11 heteroatoms. The van der Waals surface area contributed by atoms with Crippen LogP contribution in [-0.2, 0) is 32.7 Å². The molecule has 0 aromatic carbocycles. The van der Waals surface area contributed by atoms with Crippen molar-refractivity contribution >= 4 is 19.8 Å². The van der Waals surface area contributed by atoms with Gasteiger partial charge in [0, 0.05) is 13.0 Å². The fourth-order valence-electron chi connectivity index (χ4n) is 6.46. The summed E-state index contributed by atoms with van der Waals surface area (Å²) in [7, 11) is -4.63. The summed E-state index contributed by atoms with van der Waals surface area (Å²) in [6, 6.07) is -1.48. The molecule has 61 heavy (non-hydrogen) atoms. The number of phosphoric acid groups is 1. The molecule has 0 heterocycles. The van der Waals surface area contributed by atoms with Gasteiger partial charge in [-0.1, -0.05) is 177 Å². The molecule has 0 amide bonds. The number of carboxylic acid groups (broad SMARTS) is 1. The van der Waals surface area contributed by atoms with Gasteiger partial charge < -0.3 is 25.2 Å². The lowest BCUT2D eigenvalue weighted by Crippen LogP contribution is -2.34. The van der Waals surface area contributed by atoms with E-state index in [1.54, 1.807) is 0 Å². The Hall–Kier alpha value is -2.33. The van der Waals surface area contributed by atoms with Crippen LogP contribution in [0.3, 0.4) is 0 Å². The van der Waals surface area contributed by atoms with Crippen molar-refractivity contribution in [3.8, 4) is 0 Å². The van der Waals surface area contributed by atoms with Crippen molar-refractivity contribution in [1.29, 1.82) is 0 Å². The molecule has 354 valence electrons. The molecule has 0 fully saturated rings. The van der Waals surface area contributed by atoms with Gasteiger partial charge in [0.25, 0.3) is 0 Å². The van der Waals surface area contributed by atoms with Crippen molar-refractivity contribution in [3.05, 3.63) is 60.8 Å². The quantitative estimate of drug-likeness (QED) is 0.0233. The van der Waals surface area contributed by atoms with Gasteiger partial charge in [0.2, 0.25) is 0 Å². The van der Waals surface area contributed by atoms with Gasteiger partial charge in [-0.25, -0.2) is 4.57 Å². The first-order valence-electron chi connectivity index (χ1n) is 24.3. The standard InChI is InChI=1S/C50H90NO9P/c1-3-5-7-9-11-13-15-17-19-21-22-23-24-25-27-29-31-33-35-37-39-41-43-57-44-47(45-58-61(55,56)59-46-48(51)50(53)54)60-49(52)42-40-38-36-34-32-30-28-26-20-18-16-14-12-10-8-6-4-2/h12,14-15,17-18,20-22,24-25,47-48H,3-11,13,16,19,23,26-46,51H2,1-2H3,(H,53,54)(H,55,56)/b14-12-,17-15-,20-18-,22-21-,25-24-. The molecule has 0 saturated carbocycles. The average Bonchev–Trinajstić information content (AvgIpc) is 3.24. The fourth-order valence-corrected chi connectivity index (χ4v) is 7.24. The summed E-state index contributed by atoms with van der Waals surface area (Å²) in [5.41, 5.74) is 5.37. The van der Waals surface area contributed by atoms with E-state index in [0.29, 0.717) is 13.0 Å². The first kappa shape index (κ1) is 58.7. The Morgan fingerprint density at radius 3 is 1.38 bits per heavy atom. The maximum atomic E-state index is 12.7. The van der Waals surface area contributed by atoms with Gasteiger partial charge in [0.15, 0.2) is 0 Å². The molecule has 0 spiro atoms. The van der Waals surface area contributed by atoms with E-state index in [4.69, 9.17) is 29.4 Å². The van der Waals surface area contributed by atoms with Crippen molar-refractivity contribution in [3.63, 3.8) is 0 Å². The van der Waals surface area contributed by atoms with Crippen LogP contribution in [0.5, 0.6) is 0 Å². The SMILES string of the molecule is CCCCC/C=C\C/C=C\CCCCCCCCCC(=O)OC(COCCCCCCCCC/C=C\C/C=C\C/C=C\CCCCCCC)COP(=O)(O)OCC(N)C(=O)O. The number of rotatable bonds is 46. The van der Waals surface area contributed by atoms with Gasteiger partial charge in [-0.05, 0) is 83.5 Å². The van der Waals surface area contributed by atoms with Gasteiger partial charge in [0.1, 0.15) is 12.1 Å². The second kappa shape index (κ2) is 45.7. The van der Waals surface area contributed by atoms with Gasteiger partial charge in [-0.15, -0.1) is 0 Å². The number of carbonyl (C=O) groups excluding carboxylic acids is 1. The number of ether oxygens (including phenoxy) is 2. The summed E-state index contributed by atoms with van der Waals surface area (Å²) in [5, 5.41) is 8.92. The Labute approximate surface area is 372 Å². The van der Waals surface area contributed by atoms with E-state index in [1.165, 1.54) is 109 Å². The van der Waals surface area contributed by atoms with Gasteiger partial charge >= 0.3 is 19.8 Å². The molecule has 0 aromatic heterocycles. The fraction of sp³-hybridized carbons (Fsp3) is 0.760. The van der Waals surface area contributed by atoms with Gasteiger partial charge in [-0.2, -0.15) is 0 Å². The lowest BCUT2D eigenvalue weighted by molar-refractivity contribution is -0.154. The molecule has 0 rings (SSSR count). The maximum absolute atomic E-state index is 12.7. The van der Waals surface area contributed by atoms with Crippen LogP contribution in [0.2, 0.25) is 0 Å². The predicted molar refractivity (Wildman–Crippen MR) is 254 cm³/mol. The monoisotopic (exact) mass is 880 g/mol. The summed E-state index contributed by atoms with van der Waals surface area (Å²) in [4.78, 5) is 33.6. The predicted octanol–water partition coefficient (Wildman–Crippen LogP) is 14.0. The Bertz CT molecular complexity index is 1200. The summed E-state index contributed by atoms with van der Waals surface area (Å²) in [6.45, 7) is 3.82. The minimum Gasteiger partial charge on any atom is -0.480 e. The molecule has 10 nitrogen and oxygen atoms in total. The minimum absolute atomic E-state index is 0.00489. The van der Waals surface area contributed by atoms with Crippen molar-refractivity contribution in [2.75, 3.05) is 26.4 Å². The summed E-state index contributed by atoms with van der Waals surface area (Å²) >= 11 is 0. The van der Waals surface area contributed by atoms with Gasteiger partial charge in [-0.3, -0.25) is 18.6 Å². The van der Waals surface area contributed by atoms with E-state index in [1.807, 2.05) is 0 Å². The summed E-state index contributed by atoms with van der Waals surface area (Å²) in [6.07, 6.45) is 55.5. The third kappa shape index (κ3) is 45.5. The van der Waals surface area contributed by atoms with Crippen LogP contribution in [0, 0.1) is 0 Å². The molecular weight excluding hydrogens is 790 g/mol. The molecule has 0 aliphatic rings. The summed E-state index contributed by atoms with van der Waals surface area (Å²) < 4.78 is 33.4. The van der Waals surface area contributed by atoms with Crippen LogP contribution in [0.4, 0.5) is 0 Å². The molecule has 0 bridgehead atoms. The van der Waals surface area contributed by atoms with Gasteiger partial charge in [0.05, 0.1) is 19.8 Å². The number of allylic oxidation sites excluding steroid dienone is 10. The van der Waals surface area contributed by atoms with Crippen molar-refractivity contribution in [1.82, 2.24) is 0 Å². The number of esters is 1. The Morgan fingerprint density at radius 1 is 0.525 bits per heavy atom. The largest absolute Gasteiger partial charge is 0.480 e. The number of nitrogens with two attached hydrogens (primary N) is 1. The number of hydrogen-bond acceptors (Lipinski definition) is 8. The van der Waals surface area contributed by atoms with E-state index >= 15 is 0 Å². The van der Waals surface area contributed by atoms with Crippen molar-refractivity contribution in [2.45, 2.75) is 219 Å². The Kier molecular flexibility index (Phi) is 43.9. The highest BCUT2D eigenvalue weighted by Crippen LogP contribution is 2.43. The Morgan fingerprint density at radius 2 is 0.902 bits per heavy atom. The molecular formula is C50H90NO9P. The number of hydrogen-bond donors (Lipinski definition) is 3. The molecule has 3 unspecified atom stereocenters. The lowest BCUT2D eigenvalue weighted by atomic mass is 10.1. The van der Waals surface area contributed by atoms with E-state index in [0.717, 1.165) is 70.6 Å². The average molecular weight is 880 g/mol. The second-order valence-electron chi connectivity index (χ2n) is 16.2. The van der Waals surface area contributed by atoms with E-state index in [-0.39, 0.29) is 13.0 Å². The van der Waals surface area contributed by atoms with Crippen molar-refractivity contribution < 1.29 is 42.7 Å². The van der Waals surface area contributed by atoms with Crippen LogP contribution in [0.25, 0.3) is 0 Å². The molecule has 0 radical (unpaired) electrons. The molecule has 0 saturated heterocycles. The first-order valence-corrected chi connectivity index (χ1v) is 25.8. The first-order chi connectivity index (χ1) is 29.7. The second-order valence-corrected chi connectivity index (χ2v) is 17.7. The number of phosphoric ester groups is 1. The normalized spacial score (nSPS) is 14.3. The van der Waals surface area contributed by atoms with Crippen molar-refractivity contribution in [2.24, 2.45) is 5.73 Å². The molecule has 0 aliphatic heterocycles. The van der Waals surface area contributed by atoms with E-state index in [2.05, 4.69) is 74.6 Å². The molecule has 0 aromatic rings. The zero-order valence-electron chi connectivity index (χ0n) is 38.7. The van der Waals surface area contributed by atoms with Crippen LogP contribution < -0.4 is 5.73 Å². The highest BCUT2D eigenvalue weighted by atomic mass is 31.2. The highest BCUT2D eigenvalue weighted by molar-refractivity contribution is 7.47. The smallest absolute Gasteiger partial charge is 0.472 e. The zero-order chi connectivity index (χ0) is 44.8. The lowest BCUT2D eigenvalue weighted by Gasteiger charge is -2.20.